The van der Waals surface area contributed by atoms with Crippen molar-refractivity contribution < 1.29 is 14.6 Å². The quantitative estimate of drug-likeness (QED) is 0.765. The molecule has 0 unspecified atom stereocenters. The molecule has 0 aliphatic rings. The molecule has 0 aromatic heterocycles. The molecule has 3 N–H and O–H groups in total. The molecule has 0 aliphatic carbocycles. The second kappa shape index (κ2) is 5.58. The van der Waals surface area contributed by atoms with Gasteiger partial charge < -0.3 is 20.3 Å². The average Bonchev–Trinajstić information content (AvgIpc) is 2.28. The Morgan fingerprint density at radius 3 is 2.47 bits per heavy atom. The maximum absolute atomic E-state index is 8.79. The van der Waals surface area contributed by atoms with Crippen LogP contribution < -0.4 is 15.2 Å². The summed E-state index contributed by atoms with van der Waals surface area (Å²) in [6.07, 6.45) is 0.537. The lowest BCUT2D eigenvalue weighted by atomic mass is 10.0. The first kappa shape index (κ1) is 11.8. The first-order valence-corrected chi connectivity index (χ1v) is 4.81. The van der Waals surface area contributed by atoms with E-state index in [0.29, 0.717) is 17.9 Å². The third-order valence-electron chi connectivity index (χ3n) is 2.28. The smallest absolute Gasteiger partial charge is 0.161 e. The van der Waals surface area contributed by atoms with Crippen LogP contribution in [-0.4, -0.2) is 25.9 Å². The molecule has 1 aromatic rings. The van der Waals surface area contributed by atoms with Crippen molar-refractivity contribution in [3.8, 4) is 11.5 Å². The zero-order valence-electron chi connectivity index (χ0n) is 9.06. The van der Waals surface area contributed by atoms with Crippen molar-refractivity contribution in [3.63, 3.8) is 0 Å². The lowest BCUT2D eigenvalue weighted by Crippen LogP contribution is -2.12. The van der Waals surface area contributed by atoms with Crippen LogP contribution in [0.1, 0.15) is 18.0 Å². The van der Waals surface area contributed by atoms with E-state index >= 15 is 0 Å². The van der Waals surface area contributed by atoms with Crippen molar-refractivity contribution in [1.82, 2.24) is 0 Å². The lowest BCUT2D eigenvalue weighted by Gasteiger charge is -2.13. The molecule has 15 heavy (non-hydrogen) atoms. The summed E-state index contributed by atoms with van der Waals surface area (Å²) in [5.41, 5.74) is 6.80. The van der Waals surface area contributed by atoms with E-state index in [1.807, 2.05) is 18.2 Å². The molecule has 0 saturated heterocycles. The number of rotatable bonds is 5. The molecule has 0 saturated carbocycles. The van der Waals surface area contributed by atoms with Crippen LogP contribution in [0.25, 0.3) is 0 Å². The normalized spacial score (nSPS) is 12.3. The highest BCUT2D eigenvalue weighted by Crippen LogP contribution is 2.29. The third-order valence-corrected chi connectivity index (χ3v) is 2.28. The first-order chi connectivity index (χ1) is 7.22. The number of aliphatic hydroxyl groups is 1. The van der Waals surface area contributed by atoms with E-state index < -0.39 is 0 Å². The molecule has 0 spiro atoms. The van der Waals surface area contributed by atoms with Gasteiger partial charge in [0.1, 0.15) is 0 Å². The van der Waals surface area contributed by atoms with Gasteiger partial charge in [-0.1, -0.05) is 6.07 Å². The Morgan fingerprint density at radius 2 is 1.93 bits per heavy atom. The standard InChI is InChI=1S/C11H17NO3/c1-14-10-4-3-8(7-11(10)15-2)9(12)5-6-13/h3-4,7,9,13H,5-6,12H2,1-2H3/t9-/m1/s1. The predicted octanol–water partition coefficient (Wildman–Crippen LogP) is 1.09. The van der Waals surface area contributed by atoms with Crippen molar-refractivity contribution in [2.24, 2.45) is 5.73 Å². The summed E-state index contributed by atoms with van der Waals surface area (Å²) in [5.74, 6) is 1.33. The number of ether oxygens (including phenoxy) is 2. The number of aliphatic hydroxyl groups excluding tert-OH is 1. The van der Waals surface area contributed by atoms with Gasteiger partial charge >= 0.3 is 0 Å². The van der Waals surface area contributed by atoms with Crippen LogP contribution in [0, 0.1) is 0 Å². The maximum Gasteiger partial charge on any atom is 0.161 e. The molecule has 0 amide bonds. The Bertz CT molecular complexity index is 315. The monoisotopic (exact) mass is 211 g/mol. The summed E-state index contributed by atoms with van der Waals surface area (Å²) in [5, 5.41) is 8.79. The van der Waals surface area contributed by atoms with E-state index in [0.717, 1.165) is 5.56 Å². The van der Waals surface area contributed by atoms with Gasteiger partial charge in [0.2, 0.25) is 0 Å². The van der Waals surface area contributed by atoms with Crippen molar-refractivity contribution in [3.05, 3.63) is 23.8 Å². The zero-order chi connectivity index (χ0) is 11.3. The molecule has 4 heteroatoms. The molecule has 0 bridgehead atoms. The van der Waals surface area contributed by atoms with Crippen LogP contribution in [0.5, 0.6) is 11.5 Å². The van der Waals surface area contributed by atoms with Crippen molar-refractivity contribution in [2.75, 3.05) is 20.8 Å². The highest BCUT2D eigenvalue weighted by Gasteiger charge is 2.09. The van der Waals surface area contributed by atoms with Gasteiger partial charge in [0.05, 0.1) is 14.2 Å². The molecule has 0 heterocycles. The summed E-state index contributed by atoms with van der Waals surface area (Å²) in [6.45, 7) is 0.0789. The molecule has 1 atom stereocenters. The number of benzene rings is 1. The lowest BCUT2D eigenvalue weighted by molar-refractivity contribution is 0.276. The third kappa shape index (κ3) is 2.84. The van der Waals surface area contributed by atoms with E-state index in [9.17, 15) is 0 Å². The highest BCUT2D eigenvalue weighted by atomic mass is 16.5. The van der Waals surface area contributed by atoms with Gasteiger partial charge in [0.15, 0.2) is 11.5 Å². The predicted molar refractivity (Wildman–Crippen MR) is 58.2 cm³/mol. The number of nitrogens with two attached hydrogens (primary N) is 1. The Labute approximate surface area is 89.6 Å². The van der Waals surface area contributed by atoms with E-state index in [2.05, 4.69) is 0 Å². The van der Waals surface area contributed by atoms with E-state index in [1.165, 1.54) is 0 Å². The molecular weight excluding hydrogens is 194 g/mol. The fraction of sp³-hybridized carbons (Fsp3) is 0.455. The Balaban J connectivity index is 2.92. The number of hydrogen-bond donors (Lipinski definition) is 2. The van der Waals surface area contributed by atoms with Gasteiger partial charge in [0, 0.05) is 12.6 Å². The molecule has 1 aromatic carbocycles. The minimum atomic E-state index is -0.171. The molecule has 84 valence electrons. The molecule has 0 fully saturated rings. The zero-order valence-corrected chi connectivity index (χ0v) is 9.06. The molecule has 1 rings (SSSR count). The van der Waals surface area contributed by atoms with Gasteiger partial charge in [-0.15, -0.1) is 0 Å². The summed E-state index contributed by atoms with van der Waals surface area (Å²) >= 11 is 0. The van der Waals surface area contributed by atoms with E-state index in [1.54, 1.807) is 14.2 Å². The fourth-order valence-electron chi connectivity index (χ4n) is 1.39. The molecule has 0 radical (unpaired) electrons. The van der Waals surface area contributed by atoms with Gasteiger partial charge in [-0.2, -0.15) is 0 Å². The summed E-state index contributed by atoms with van der Waals surface area (Å²) < 4.78 is 10.3. The summed E-state index contributed by atoms with van der Waals surface area (Å²) in [6, 6.07) is 5.35. The topological polar surface area (TPSA) is 64.7 Å². The molecule has 4 nitrogen and oxygen atoms in total. The highest BCUT2D eigenvalue weighted by molar-refractivity contribution is 5.43. The fourth-order valence-corrected chi connectivity index (χ4v) is 1.39. The van der Waals surface area contributed by atoms with Crippen molar-refractivity contribution >= 4 is 0 Å². The second-order valence-corrected chi connectivity index (χ2v) is 3.23. The van der Waals surface area contributed by atoms with Crippen LogP contribution in [0.3, 0.4) is 0 Å². The van der Waals surface area contributed by atoms with Crippen LogP contribution in [0.15, 0.2) is 18.2 Å². The average molecular weight is 211 g/mol. The van der Waals surface area contributed by atoms with Gasteiger partial charge in [0.25, 0.3) is 0 Å². The summed E-state index contributed by atoms with van der Waals surface area (Å²) in [4.78, 5) is 0. The second-order valence-electron chi connectivity index (χ2n) is 3.23. The first-order valence-electron chi connectivity index (χ1n) is 4.81. The van der Waals surface area contributed by atoms with Crippen LogP contribution >= 0.6 is 0 Å². The van der Waals surface area contributed by atoms with Gasteiger partial charge in [-0.25, -0.2) is 0 Å². The van der Waals surface area contributed by atoms with Crippen molar-refractivity contribution in [2.45, 2.75) is 12.5 Å². The van der Waals surface area contributed by atoms with Crippen LogP contribution in [0.4, 0.5) is 0 Å². The number of methoxy groups -OCH3 is 2. The summed E-state index contributed by atoms with van der Waals surface area (Å²) in [7, 11) is 3.17. The Morgan fingerprint density at radius 1 is 1.27 bits per heavy atom. The van der Waals surface area contributed by atoms with E-state index in [4.69, 9.17) is 20.3 Å². The van der Waals surface area contributed by atoms with Gasteiger partial charge in [-0.3, -0.25) is 0 Å². The SMILES string of the molecule is COc1ccc([C@H](N)CCO)cc1OC. The maximum atomic E-state index is 8.79. The van der Waals surface area contributed by atoms with E-state index in [-0.39, 0.29) is 12.6 Å². The minimum absolute atomic E-state index is 0.0789. The Hall–Kier alpha value is -1.26. The number of hydrogen-bond acceptors (Lipinski definition) is 4. The van der Waals surface area contributed by atoms with Crippen molar-refractivity contribution in [1.29, 1.82) is 0 Å². The van der Waals surface area contributed by atoms with Crippen LogP contribution in [-0.2, 0) is 0 Å². The Kier molecular flexibility index (Phi) is 4.39. The molecular formula is C11H17NO3. The van der Waals surface area contributed by atoms with Crippen LogP contribution in [0.2, 0.25) is 0 Å². The minimum Gasteiger partial charge on any atom is -0.493 e. The molecule has 0 aliphatic heterocycles. The van der Waals surface area contributed by atoms with Gasteiger partial charge in [-0.05, 0) is 24.1 Å². The largest absolute Gasteiger partial charge is 0.493 e.